The van der Waals surface area contributed by atoms with E-state index in [1.54, 1.807) is 0 Å². The molecule has 1 aromatic heterocycles. The van der Waals surface area contributed by atoms with E-state index in [1.807, 2.05) is 20.8 Å². The van der Waals surface area contributed by atoms with Crippen molar-refractivity contribution in [2.45, 2.75) is 52.1 Å². The molecule has 26 heavy (non-hydrogen) atoms. The number of ether oxygens (including phenoxy) is 2. The Labute approximate surface area is 172 Å². The average Bonchev–Trinajstić information content (AvgIpc) is 3.26. The number of rotatable bonds is 10. The second kappa shape index (κ2) is 13.3. The van der Waals surface area contributed by atoms with Crippen LogP contribution in [0, 0.1) is 0 Å². The number of halogens is 1. The normalized spacial score (nSPS) is 17.4. The van der Waals surface area contributed by atoms with Crippen LogP contribution in [0.5, 0.6) is 0 Å². The van der Waals surface area contributed by atoms with Crippen LogP contribution in [0.1, 0.15) is 51.2 Å². The van der Waals surface area contributed by atoms with Crippen molar-refractivity contribution in [2.24, 2.45) is 4.99 Å². The van der Waals surface area contributed by atoms with Gasteiger partial charge in [-0.15, -0.1) is 24.0 Å². The molecule has 1 aliphatic heterocycles. The summed E-state index contributed by atoms with van der Waals surface area (Å²) in [5.74, 6) is 2.49. The minimum atomic E-state index is 0. The van der Waals surface area contributed by atoms with Gasteiger partial charge >= 0.3 is 0 Å². The lowest BCUT2D eigenvalue weighted by Crippen LogP contribution is -2.38. The first-order valence-electron chi connectivity index (χ1n) is 9.23. The molecular formula is C17H32IN5O3. The Morgan fingerprint density at radius 2 is 2.23 bits per heavy atom. The minimum Gasteiger partial charge on any atom is -0.379 e. The zero-order chi connectivity index (χ0) is 17.9. The van der Waals surface area contributed by atoms with E-state index in [-0.39, 0.29) is 36.0 Å². The van der Waals surface area contributed by atoms with Crippen LogP contribution in [-0.2, 0) is 15.9 Å². The van der Waals surface area contributed by atoms with Crippen molar-refractivity contribution < 1.29 is 14.0 Å². The van der Waals surface area contributed by atoms with E-state index in [0.717, 1.165) is 57.5 Å². The minimum absolute atomic E-state index is 0. The van der Waals surface area contributed by atoms with E-state index < -0.39 is 0 Å². The number of nitrogens with zero attached hydrogens (tertiary/aromatic N) is 3. The third kappa shape index (κ3) is 8.63. The standard InChI is InChI=1S/C17H31N5O3.HI/c1-4-18-17(19-8-5-10-24-14-7-11-23-12-14)20-9-6-15-21-16(13(2)3)22-25-15;/h13-14H,4-12H2,1-3H3,(H2,18,19,20);1H. The predicted molar refractivity (Wildman–Crippen MR) is 111 cm³/mol. The van der Waals surface area contributed by atoms with Crippen LogP contribution in [0.25, 0.3) is 0 Å². The van der Waals surface area contributed by atoms with E-state index in [1.165, 1.54) is 0 Å². The lowest BCUT2D eigenvalue weighted by atomic mass is 10.2. The lowest BCUT2D eigenvalue weighted by Gasteiger charge is -2.11. The fraction of sp³-hybridized carbons (Fsp3) is 0.824. The van der Waals surface area contributed by atoms with E-state index in [4.69, 9.17) is 14.0 Å². The zero-order valence-electron chi connectivity index (χ0n) is 16.0. The number of guanidine groups is 1. The molecule has 1 aromatic rings. The summed E-state index contributed by atoms with van der Waals surface area (Å²) in [5.41, 5.74) is 0. The molecule has 150 valence electrons. The summed E-state index contributed by atoms with van der Waals surface area (Å²) in [6.45, 7) is 10.6. The van der Waals surface area contributed by atoms with Gasteiger partial charge in [-0.1, -0.05) is 19.0 Å². The largest absolute Gasteiger partial charge is 0.379 e. The van der Waals surface area contributed by atoms with Crippen molar-refractivity contribution in [3.05, 3.63) is 11.7 Å². The Morgan fingerprint density at radius 3 is 2.88 bits per heavy atom. The van der Waals surface area contributed by atoms with Crippen molar-refractivity contribution in [1.29, 1.82) is 0 Å². The molecule has 0 aliphatic carbocycles. The first kappa shape index (κ1) is 23.1. The van der Waals surface area contributed by atoms with Gasteiger partial charge in [0, 0.05) is 45.2 Å². The lowest BCUT2D eigenvalue weighted by molar-refractivity contribution is 0.0424. The SMILES string of the molecule is CCNC(=NCCCOC1CCOC1)NCCc1nc(C(C)C)no1.I. The summed E-state index contributed by atoms with van der Waals surface area (Å²) in [6.07, 6.45) is 2.84. The van der Waals surface area contributed by atoms with Gasteiger partial charge in [-0.3, -0.25) is 4.99 Å². The van der Waals surface area contributed by atoms with Gasteiger partial charge in [-0.25, -0.2) is 0 Å². The smallest absolute Gasteiger partial charge is 0.228 e. The van der Waals surface area contributed by atoms with Crippen molar-refractivity contribution >= 4 is 29.9 Å². The molecule has 1 unspecified atom stereocenters. The highest BCUT2D eigenvalue weighted by atomic mass is 127. The fourth-order valence-corrected chi connectivity index (χ4v) is 2.38. The molecule has 0 bridgehead atoms. The van der Waals surface area contributed by atoms with Gasteiger partial charge in [0.2, 0.25) is 5.89 Å². The maximum atomic E-state index is 5.74. The topological polar surface area (TPSA) is 93.8 Å². The van der Waals surface area contributed by atoms with E-state index in [9.17, 15) is 0 Å². The van der Waals surface area contributed by atoms with E-state index in [0.29, 0.717) is 18.9 Å². The van der Waals surface area contributed by atoms with Crippen LogP contribution in [0.15, 0.2) is 9.52 Å². The molecular weight excluding hydrogens is 449 g/mol. The number of aromatic nitrogens is 2. The first-order chi connectivity index (χ1) is 12.2. The summed E-state index contributed by atoms with van der Waals surface area (Å²) >= 11 is 0. The Balaban J connectivity index is 0.00000338. The third-order valence-corrected chi connectivity index (χ3v) is 3.79. The number of hydrogen-bond acceptors (Lipinski definition) is 6. The molecule has 2 N–H and O–H groups in total. The molecule has 8 nitrogen and oxygen atoms in total. The van der Waals surface area contributed by atoms with Gasteiger partial charge in [-0.05, 0) is 19.8 Å². The highest BCUT2D eigenvalue weighted by Gasteiger charge is 2.15. The monoisotopic (exact) mass is 481 g/mol. The summed E-state index contributed by atoms with van der Waals surface area (Å²) in [5, 5.41) is 10.5. The molecule has 0 aromatic carbocycles. The molecule has 1 saturated heterocycles. The molecule has 2 rings (SSSR count). The summed E-state index contributed by atoms with van der Waals surface area (Å²) in [7, 11) is 0. The molecule has 1 fully saturated rings. The highest BCUT2D eigenvalue weighted by Crippen LogP contribution is 2.09. The second-order valence-corrected chi connectivity index (χ2v) is 6.35. The van der Waals surface area contributed by atoms with Crippen LogP contribution in [0.3, 0.4) is 0 Å². The van der Waals surface area contributed by atoms with Crippen molar-refractivity contribution in [2.75, 3.05) is 39.5 Å². The maximum Gasteiger partial charge on any atom is 0.228 e. The van der Waals surface area contributed by atoms with Crippen LogP contribution in [0.4, 0.5) is 0 Å². The van der Waals surface area contributed by atoms with Crippen molar-refractivity contribution in [1.82, 2.24) is 20.8 Å². The second-order valence-electron chi connectivity index (χ2n) is 6.35. The maximum absolute atomic E-state index is 5.74. The zero-order valence-corrected chi connectivity index (χ0v) is 18.3. The van der Waals surface area contributed by atoms with Gasteiger partial charge in [0.15, 0.2) is 11.8 Å². The molecule has 0 saturated carbocycles. The number of hydrogen-bond donors (Lipinski definition) is 2. The Kier molecular flexibility index (Phi) is 11.8. The summed E-state index contributed by atoms with van der Waals surface area (Å²) in [6, 6.07) is 0. The third-order valence-electron chi connectivity index (χ3n) is 3.79. The van der Waals surface area contributed by atoms with Gasteiger partial charge in [-0.2, -0.15) is 4.98 Å². The van der Waals surface area contributed by atoms with Crippen LogP contribution in [-0.4, -0.2) is 61.7 Å². The Morgan fingerprint density at radius 1 is 1.38 bits per heavy atom. The van der Waals surface area contributed by atoms with E-state index >= 15 is 0 Å². The quantitative estimate of drug-likeness (QED) is 0.229. The number of aliphatic imine (C=N–C) groups is 1. The van der Waals surface area contributed by atoms with Gasteiger partial charge < -0.3 is 24.6 Å². The van der Waals surface area contributed by atoms with Gasteiger partial charge in [0.1, 0.15) is 0 Å². The summed E-state index contributed by atoms with van der Waals surface area (Å²) < 4.78 is 16.3. The number of nitrogens with one attached hydrogen (secondary N) is 2. The Bertz CT molecular complexity index is 518. The average molecular weight is 481 g/mol. The predicted octanol–water partition coefficient (Wildman–Crippen LogP) is 2.10. The first-order valence-corrected chi connectivity index (χ1v) is 9.23. The van der Waals surface area contributed by atoms with E-state index in [2.05, 4.69) is 25.8 Å². The molecule has 9 heteroatoms. The fourth-order valence-electron chi connectivity index (χ4n) is 2.38. The van der Waals surface area contributed by atoms with Crippen LogP contribution >= 0.6 is 24.0 Å². The molecule has 0 amide bonds. The summed E-state index contributed by atoms with van der Waals surface area (Å²) in [4.78, 5) is 8.93. The molecule has 0 spiro atoms. The van der Waals surface area contributed by atoms with Crippen molar-refractivity contribution in [3.8, 4) is 0 Å². The molecule has 1 aliphatic rings. The molecule has 0 radical (unpaired) electrons. The highest BCUT2D eigenvalue weighted by molar-refractivity contribution is 14.0. The van der Waals surface area contributed by atoms with Crippen LogP contribution < -0.4 is 10.6 Å². The van der Waals surface area contributed by atoms with Gasteiger partial charge in [0.05, 0.1) is 12.7 Å². The van der Waals surface area contributed by atoms with Crippen molar-refractivity contribution in [3.63, 3.8) is 0 Å². The molecule has 2 heterocycles. The van der Waals surface area contributed by atoms with Crippen LogP contribution in [0.2, 0.25) is 0 Å². The Hall–Kier alpha value is -0.940. The molecule has 1 atom stereocenters. The van der Waals surface area contributed by atoms with Gasteiger partial charge in [0.25, 0.3) is 0 Å².